The minimum Gasteiger partial charge on any atom is -0.452 e. The van der Waals surface area contributed by atoms with Crippen molar-refractivity contribution in [1.82, 2.24) is 0 Å². The molecule has 0 aliphatic rings. The molecule has 3 rings (SSSR count). The van der Waals surface area contributed by atoms with Gasteiger partial charge in [-0.05, 0) is 34.5 Å². The molecule has 3 aromatic carbocycles. The van der Waals surface area contributed by atoms with Gasteiger partial charge in [-0.2, -0.15) is 0 Å². The van der Waals surface area contributed by atoms with Crippen molar-refractivity contribution < 1.29 is 14.3 Å². The van der Waals surface area contributed by atoms with E-state index in [1.165, 1.54) is 6.08 Å². The number of fused-ring (bicyclic) bond motifs is 1. The summed E-state index contributed by atoms with van der Waals surface area (Å²) in [6.45, 7) is -0.326. The molecule has 4 heteroatoms. The number of ether oxygens (including phenoxy) is 1. The Hall–Kier alpha value is -3.40. The normalized spacial score (nSPS) is 10.7. The van der Waals surface area contributed by atoms with Gasteiger partial charge in [-0.15, -0.1) is 0 Å². The third-order valence-electron chi connectivity index (χ3n) is 3.63. The van der Waals surface area contributed by atoms with Crippen molar-refractivity contribution in [3.8, 4) is 0 Å². The second kappa shape index (κ2) is 7.93. The summed E-state index contributed by atoms with van der Waals surface area (Å²) in [5, 5.41) is 4.80. The maximum absolute atomic E-state index is 11.8. The number of hydrogen-bond donors (Lipinski definition) is 1. The lowest BCUT2D eigenvalue weighted by Gasteiger charge is -2.05. The maximum Gasteiger partial charge on any atom is 0.331 e. The van der Waals surface area contributed by atoms with Crippen molar-refractivity contribution in [3.63, 3.8) is 0 Å². The molecule has 0 heterocycles. The number of amides is 1. The fraction of sp³-hybridized carbons (Fsp3) is 0.0476. The van der Waals surface area contributed by atoms with Gasteiger partial charge in [0.25, 0.3) is 5.91 Å². The summed E-state index contributed by atoms with van der Waals surface area (Å²) in [7, 11) is 0. The van der Waals surface area contributed by atoms with E-state index < -0.39 is 5.97 Å². The summed E-state index contributed by atoms with van der Waals surface area (Å²) in [5.41, 5.74) is 1.58. The zero-order valence-electron chi connectivity index (χ0n) is 13.5. The van der Waals surface area contributed by atoms with Gasteiger partial charge in [-0.3, -0.25) is 4.79 Å². The summed E-state index contributed by atoms with van der Waals surface area (Å²) in [4.78, 5) is 23.6. The first kappa shape index (κ1) is 16.5. The molecule has 0 saturated heterocycles. The van der Waals surface area contributed by atoms with E-state index in [2.05, 4.69) is 5.32 Å². The van der Waals surface area contributed by atoms with Gasteiger partial charge >= 0.3 is 5.97 Å². The van der Waals surface area contributed by atoms with Crippen molar-refractivity contribution in [2.45, 2.75) is 0 Å². The van der Waals surface area contributed by atoms with Gasteiger partial charge in [0.1, 0.15) is 0 Å². The summed E-state index contributed by atoms with van der Waals surface area (Å²) in [6.07, 6.45) is 3.03. The predicted octanol–water partition coefficient (Wildman–Crippen LogP) is 4.03. The van der Waals surface area contributed by atoms with E-state index in [0.717, 1.165) is 16.3 Å². The lowest BCUT2D eigenvalue weighted by atomic mass is 10.0. The first-order valence-electron chi connectivity index (χ1n) is 7.90. The smallest absolute Gasteiger partial charge is 0.331 e. The number of para-hydroxylation sites is 1. The van der Waals surface area contributed by atoms with E-state index in [-0.39, 0.29) is 12.5 Å². The van der Waals surface area contributed by atoms with E-state index in [9.17, 15) is 9.59 Å². The van der Waals surface area contributed by atoms with Gasteiger partial charge in [-0.25, -0.2) is 4.79 Å². The Bertz CT molecular complexity index is 911. The van der Waals surface area contributed by atoms with Crippen LogP contribution in [0.3, 0.4) is 0 Å². The monoisotopic (exact) mass is 331 g/mol. The number of carbonyl (C=O) groups is 2. The van der Waals surface area contributed by atoms with Crippen LogP contribution >= 0.6 is 0 Å². The molecule has 25 heavy (non-hydrogen) atoms. The Balaban J connectivity index is 1.57. The number of esters is 1. The molecule has 0 bridgehead atoms. The largest absolute Gasteiger partial charge is 0.452 e. The number of rotatable bonds is 5. The number of anilines is 1. The number of nitrogens with one attached hydrogen (secondary N) is 1. The molecule has 0 fully saturated rings. The molecule has 0 aromatic heterocycles. The van der Waals surface area contributed by atoms with Crippen LogP contribution in [0, 0.1) is 0 Å². The quantitative estimate of drug-likeness (QED) is 0.567. The van der Waals surface area contributed by atoms with Crippen LogP contribution < -0.4 is 5.32 Å². The van der Waals surface area contributed by atoms with Gasteiger partial charge in [0.05, 0.1) is 0 Å². The van der Waals surface area contributed by atoms with Crippen LogP contribution in [0.15, 0.2) is 78.9 Å². The highest BCUT2D eigenvalue weighted by molar-refractivity contribution is 5.96. The van der Waals surface area contributed by atoms with Crippen LogP contribution in [0.2, 0.25) is 0 Å². The molecular weight excluding hydrogens is 314 g/mol. The van der Waals surface area contributed by atoms with Gasteiger partial charge in [0, 0.05) is 11.8 Å². The third-order valence-corrected chi connectivity index (χ3v) is 3.63. The average molecular weight is 331 g/mol. The Morgan fingerprint density at radius 3 is 2.44 bits per heavy atom. The molecule has 0 atom stereocenters. The molecule has 0 unspecified atom stereocenters. The van der Waals surface area contributed by atoms with Crippen LogP contribution in [0.5, 0.6) is 0 Å². The van der Waals surface area contributed by atoms with Gasteiger partial charge in [-0.1, -0.05) is 60.7 Å². The fourth-order valence-electron chi connectivity index (χ4n) is 2.46. The average Bonchev–Trinajstić information content (AvgIpc) is 2.65. The summed E-state index contributed by atoms with van der Waals surface area (Å²) in [5.74, 6) is -0.936. The zero-order valence-corrected chi connectivity index (χ0v) is 13.5. The minimum atomic E-state index is -0.559. The van der Waals surface area contributed by atoms with Crippen LogP contribution in [0.4, 0.5) is 5.69 Å². The van der Waals surface area contributed by atoms with Gasteiger partial charge in [0.2, 0.25) is 0 Å². The van der Waals surface area contributed by atoms with Crippen LogP contribution in [0.25, 0.3) is 16.8 Å². The Morgan fingerprint density at radius 1 is 0.880 bits per heavy atom. The summed E-state index contributed by atoms with van der Waals surface area (Å²) >= 11 is 0. The molecule has 1 N–H and O–H groups in total. The van der Waals surface area contributed by atoms with Crippen molar-refractivity contribution >= 4 is 34.4 Å². The second-order valence-corrected chi connectivity index (χ2v) is 5.42. The molecule has 0 saturated carbocycles. The van der Waals surface area contributed by atoms with Crippen LogP contribution in [-0.2, 0) is 14.3 Å². The summed E-state index contributed by atoms with van der Waals surface area (Å²) < 4.78 is 4.97. The van der Waals surface area contributed by atoms with Crippen LogP contribution in [0.1, 0.15) is 5.56 Å². The maximum atomic E-state index is 11.8. The summed E-state index contributed by atoms with van der Waals surface area (Å²) in [6, 6.07) is 22.8. The Labute approximate surface area is 145 Å². The molecular formula is C21H17NO3. The zero-order chi connectivity index (χ0) is 17.5. The van der Waals surface area contributed by atoms with Crippen molar-refractivity contribution in [3.05, 3.63) is 84.4 Å². The minimum absolute atomic E-state index is 0.326. The van der Waals surface area contributed by atoms with Crippen molar-refractivity contribution in [2.75, 3.05) is 11.9 Å². The standard InChI is InChI=1S/C21H17NO3/c23-20(22-18-10-2-1-3-11-18)15-25-21(24)14-13-17-9-6-8-16-7-4-5-12-19(16)17/h1-14H,15H2,(H,22,23)/b14-13+. The lowest BCUT2D eigenvalue weighted by molar-refractivity contribution is -0.142. The molecule has 1 amide bonds. The van der Waals surface area contributed by atoms with Gasteiger partial charge in [0.15, 0.2) is 6.61 Å². The topological polar surface area (TPSA) is 55.4 Å². The van der Waals surface area contributed by atoms with E-state index in [1.807, 2.05) is 60.7 Å². The molecule has 124 valence electrons. The molecule has 0 radical (unpaired) electrons. The third kappa shape index (κ3) is 4.54. The highest BCUT2D eigenvalue weighted by atomic mass is 16.5. The van der Waals surface area contributed by atoms with Gasteiger partial charge < -0.3 is 10.1 Å². The fourth-order valence-corrected chi connectivity index (χ4v) is 2.46. The number of hydrogen-bond acceptors (Lipinski definition) is 3. The molecule has 3 aromatic rings. The lowest BCUT2D eigenvalue weighted by Crippen LogP contribution is -2.20. The molecule has 0 spiro atoms. The van der Waals surface area contributed by atoms with E-state index in [0.29, 0.717) is 5.69 Å². The highest BCUT2D eigenvalue weighted by Gasteiger charge is 2.05. The number of benzene rings is 3. The first-order valence-corrected chi connectivity index (χ1v) is 7.90. The molecule has 0 aliphatic heterocycles. The Morgan fingerprint density at radius 2 is 1.60 bits per heavy atom. The predicted molar refractivity (Wildman–Crippen MR) is 99.0 cm³/mol. The van der Waals surface area contributed by atoms with Crippen LogP contribution in [-0.4, -0.2) is 18.5 Å². The molecule has 0 aliphatic carbocycles. The highest BCUT2D eigenvalue weighted by Crippen LogP contribution is 2.19. The number of carbonyl (C=O) groups excluding carboxylic acids is 2. The van der Waals surface area contributed by atoms with Crippen molar-refractivity contribution in [2.24, 2.45) is 0 Å². The van der Waals surface area contributed by atoms with E-state index in [4.69, 9.17) is 4.74 Å². The first-order chi connectivity index (χ1) is 12.2. The molecule has 4 nitrogen and oxygen atoms in total. The van der Waals surface area contributed by atoms with E-state index in [1.54, 1.807) is 18.2 Å². The second-order valence-electron chi connectivity index (χ2n) is 5.42. The van der Waals surface area contributed by atoms with E-state index >= 15 is 0 Å². The van der Waals surface area contributed by atoms with Crippen molar-refractivity contribution in [1.29, 1.82) is 0 Å². The Kier molecular flexibility index (Phi) is 5.22. The SMILES string of the molecule is O=C(COC(=O)/C=C/c1cccc2ccccc12)Nc1ccccc1.